The smallest absolute Gasteiger partial charge is 0.330 e. The largest absolute Gasteiger partial charge is 0.416 e. The number of alkyl halides is 3. The molecule has 0 radical (unpaired) electrons. The third-order valence-electron chi connectivity index (χ3n) is 4.14. The fraction of sp³-hybridized carbons (Fsp3) is 0.600. The van der Waals surface area contributed by atoms with Crippen LogP contribution in [0.15, 0.2) is 24.3 Å². The minimum atomic E-state index is -4.28. The first-order valence-electron chi connectivity index (χ1n) is 7.01. The third-order valence-corrected chi connectivity index (χ3v) is 4.14. The number of hydrogen-bond acceptors (Lipinski definition) is 2. The van der Waals surface area contributed by atoms with Crippen LogP contribution in [-0.2, 0) is 6.18 Å². The fourth-order valence-electron chi connectivity index (χ4n) is 3.07. The summed E-state index contributed by atoms with van der Waals surface area (Å²) in [6, 6.07) is 5.64. The van der Waals surface area contributed by atoms with Crippen LogP contribution >= 0.6 is 0 Å². The van der Waals surface area contributed by atoms with E-state index in [1.807, 2.05) is 7.05 Å². The Hall–Kier alpha value is -1.07. The summed E-state index contributed by atoms with van der Waals surface area (Å²) >= 11 is 0. The summed E-state index contributed by atoms with van der Waals surface area (Å²) in [7, 11) is 2.02. The van der Waals surface area contributed by atoms with Crippen LogP contribution in [-0.4, -0.2) is 25.0 Å². The van der Waals surface area contributed by atoms with Gasteiger partial charge in [-0.2, -0.15) is 13.2 Å². The molecule has 112 valence electrons. The zero-order valence-corrected chi connectivity index (χ0v) is 11.7. The molecule has 2 atom stereocenters. The zero-order valence-electron chi connectivity index (χ0n) is 11.7. The van der Waals surface area contributed by atoms with E-state index in [-0.39, 0.29) is 6.04 Å². The summed E-state index contributed by atoms with van der Waals surface area (Å²) in [5.74, 6) is 0.305. The number of hydrogen-bond donors (Lipinski definition) is 1. The van der Waals surface area contributed by atoms with Gasteiger partial charge in [-0.25, -0.2) is 0 Å². The van der Waals surface area contributed by atoms with Gasteiger partial charge in [0.05, 0.1) is 5.56 Å². The number of nitrogens with two attached hydrogens (primary N) is 1. The van der Waals surface area contributed by atoms with E-state index >= 15 is 0 Å². The highest BCUT2D eigenvalue weighted by Crippen LogP contribution is 2.35. The van der Waals surface area contributed by atoms with E-state index in [1.165, 1.54) is 12.1 Å². The summed E-state index contributed by atoms with van der Waals surface area (Å²) < 4.78 is 37.8. The molecule has 2 nitrogen and oxygen atoms in total. The first kappa shape index (κ1) is 15.3. The van der Waals surface area contributed by atoms with Gasteiger partial charge in [0.1, 0.15) is 0 Å². The second kappa shape index (κ2) is 6.14. The minimum absolute atomic E-state index is 0.116. The van der Waals surface area contributed by atoms with Gasteiger partial charge in [-0.1, -0.05) is 18.6 Å². The molecule has 0 spiro atoms. The Morgan fingerprint density at radius 2 is 1.85 bits per heavy atom. The lowest BCUT2D eigenvalue weighted by atomic mass is 9.89. The Kier molecular flexibility index (Phi) is 4.70. The van der Waals surface area contributed by atoms with Gasteiger partial charge in [-0.3, -0.25) is 4.90 Å². The Morgan fingerprint density at radius 1 is 1.20 bits per heavy atom. The molecule has 2 N–H and O–H groups in total. The number of likely N-dealkylation sites (tertiary alicyclic amines) is 1. The second-order valence-corrected chi connectivity index (χ2v) is 5.54. The average Bonchev–Trinajstić information content (AvgIpc) is 2.59. The first-order chi connectivity index (χ1) is 9.43. The zero-order chi connectivity index (χ0) is 14.8. The van der Waals surface area contributed by atoms with Crippen molar-refractivity contribution in [2.45, 2.75) is 31.5 Å². The van der Waals surface area contributed by atoms with Gasteiger partial charge in [0.25, 0.3) is 0 Å². The van der Waals surface area contributed by atoms with Crippen LogP contribution in [0.2, 0.25) is 0 Å². The van der Waals surface area contributed by atoms with Gasteiger partial charge in [0, 0.05) is 6.04 Å². The van der Waals surface area contributed by atoms with Gasteiger partial charge in [0.15, 0.2) is 0 Å². The molecule has 1 fully saturated rings. The molecule has 0 aliphatic carbocycles. The van der Waals surface area contributed by atoms with Crippen molar-refractivity contribution in [1.29, 1.82) is 0 Å². The fourth-order valence-corrected chi connectivity index (χ4v) is 3.07. The molecule has 1 aromatic rings. The van der Waals surface area contributed by atoms with Crippen LogP contribution < -0.4 is 5.73 Å². The topological polar surface area (TPSA) is 29.3 Å². The molecule has 1 heterocycles. The number of nitrogens with zero attached hydrogens (tertiary/aromatic N) is 1. The van der Waals surface area contributed by atoms with Gasteiger partial charge in [-0.15, -0.1) is 0 Å². The van der Waals surface area contributed by atoms with Gasteiger partial charge in [0.2, 0.25) is 0 Å². The molecule has 1 aromatic carbocycles. The summed E-state index contributed by atoms with van der Waals surface area (Å²) in [4.78, 5) is 2.22. The molecule has 0 saturated carbocycles. The summed E-state index contributed by atoms with van der Waals surface area (Å²) in [5, 5.41) is 0. The predicted molar refractivity (Wildman–Crippen MR) is 73.2 cm³/mol. The highest BCUT2D eigenvalue weighted by molar-refractivity contribution is 5.27. The predicted octanol–water partition coefficient (Wildman–Crippen LogP) is 3.44. The van der Waals surface area contributed by atoms with Crippen molar-refractivity contribution in [3.05, 3.63) is 35.4 Å². The molecule has 20 heavy (non-hydrogen) atoms. The van der Waals surface area contributed by atoms with E-state index < -0.39 is 11.7 Å². The summed E-state index contributed by atoms with van der Waals surface area (Å²) in [5.41, 5.74) is 6.19. The molecule has 1 aliphatic heterocycles. The molecule has 1 aliphatic rings. The normalized spacial score (nSPS) is 25.4. The van der Waals surface area contributed by atoms with Gasteiger partial charge in [-0.05, 0) is 56.6 Å². The number of halogens is 3. The van der Waals surface area contributed by atoms with Crippen molar-refractivity contribution >= 4 is 0 Å². The van der Waals surface area contributed by atoms with E-state index in [0.29, 0.717) is 12.5 Å². The molecular weight excluding hydrogens is 265 g/mol. The Labute approximate surface area is 117 Å². The van der Waals surface area contributed by atoms with Gasteiger partial charge >= 0.3 is 6.18 Å². The van der Waals surface area contributed by atoms with Crippen LogP contribution in [0.5, 0.6) is 0 Å². The highest BCUT2D eigenvalue weighted by Gasteiger charge is 2.32. The first-order valence-corrected chi connectivity index (χ1v) is 7.01. The van der Waals surface area contributed by atoms with Crippen LogP contribution in [0, 0.1) is 5.92 Å². The van der Waals surface area contributed by atoms with Crippen LogP contribution in [0.1, 0.15) is 36.4 Å². The van der Waals surface area contributed by atoms with Crippen molar-refractivity contribution in [3.8, 4) is 0 Å². The Morgan fingerprint density at radius 3 is 2.40 bits per heavy atom. The Balaban J connectivity index is 2.27. The van der Waals surface area contributed by atoms with Crippen LogP contribution in [0.3, 0.4) is 0 Å². The lowest BCUT2D eigenvalue weighted by Gasteiger charge is -2.32. The molecule has 1 saturated heterocycles. The quantitative estimate of drug-likeness (QED) is 0.902. The van der Waals surface area contributed by atoms with Crippen LogP contribution in [0.25, 0.3) is 0 Å². The summed E-state index contributed by atoms with van der Waals surface area (Å²) in [6.45, 7) is 1.53. The average molecular weight is 286 g/mol. The number of rotatable bonds is 2. The third kappa shape index (κ3) is 3.33. The lowest BCUT2D eigenvalue weighted by molar-refractivity contribution is -0.137. The molecular formula is C15H21F3N2. The molecule has 2 rings (SSSR count). The van der Waals surface area contributed by atoms with Crippen molar-refractivity contribution in [1.82, 2.24) is 4.90 Å². The van der Waals surface area contributed by atoms with E-state index in [0.717, 1.165) is 31.4 Å². The van der Waals surface area contributed by atoms with Crippen molar-refractivity contribution in [2.24, 2.45) is 11.7 Å². The Bertz CT molecular complexity index is 428. The van der Waals surface area contributed by atoms with Crippen molar-refractivity contribution in [2.75, 3.05) is 20.1 Å². The maximum atomic E-state index is 12.6. The van der Waals surface area contributed by atoms with E-state index in [1.54, 1.807) is 12.1 Å². The van der Waals surface area contributed by atoms with Gasteiger partial charge < -0.3 is 5.73 Å². The van der Waals surface area contributed by atoms with E-state index in [4.69, 9.17) is 5.73 Å². The van der Waals surface area contributed by atoms with E-state index in [9.17, 15) is 13.2 Å². The monoisotopic (exact) mass is 286 g/mol. The minimum Gasteiger partial charge on any atom is -0.330 e. The molecule has 0 amide bonds. The SMILES string of the molecule is CN1CCCCC(CN)C1c1ccc(C(F)(F)F)cc1. The van der Waals surface area contributed by atoms with Crippen molar-refractivity contribution in [3.63, 3.8) is 0 Å². The molecule has 0 bridgehead atoms. The second-order valence-electron chi connectivity index (χ2n) is 5.54. The summed E-state index contributed by atoms with van der Waals surface area (Å²) in [6.07, 6.45) is -0.999. The standard InChI is InChI=1S/C15H21F3N2/c1-20-9-3-2-4-12(10-19)14(20)11-5-7-13(8-6-11)15(16,17)18/h5-8,12,14H,2-4,9-10,19H2,1H3. The maximum Gasteiger partial charge on any atom is 0.416 e. The molecule has 0 aromatic heterocycles. The van der Waals surface area contributed by atoms with E-state index in [2.05, 4.69) is 4.90 Å². The van der Waals surface area contributed by atoms with Crippen molar-refractivity contribution < 1.29 is 13.2 Å². The lowest BCUT2D eigenvalue weighted by Crippen LogP contribution is -2.33. The molecule has 2 unspecified atom stereocenters. The number of benzene rings is 1. The van der Waals surface area contributed by atoms with Crippen LogP contribution in [0.4, 0.5) is 13.2 Å². The highest BCUT2D eigenvalue weighted by atomic mass is 19.4. The maximum absolute atomic E-state index is 12.6. The molecule has 5 heteroatoms.